The van der Waals surface area contributed by atoms with E-state index in [4.69, 9.17) is 5.11 Å². The molecule has 0 bridgehead atoms. The lowest BCUT2D eigenvalue weighted by Crippen LogP contribution is -2.30. The quantitative estimate of drug-likeness (QED) is 0.305. The molecule has 1 heterocycles. The van der Waals surface area contributed by atoms with E-state index in [0.29, 0.717) is 0 Å². The standard InChI is InChI=1S/C21H40N2O/c1-2-3-4-5-6-7-8-9-10-11-12-13-14-15-16-21-22-17-18-23(21)19-20-24/h13-14,24H,2-12,15-20H2,1H3/b14-13+. The number of aliphatic imine (C=N–C) groups is 1. The van der Waals surface area contributed by atoms with Crippen molar-refractivity contribution in [3.05, 3.63) is 12.2 Å². The monoisotopic (exact) mass is 336 g/mol. The molecule has 0 amide bonds. The van der Waals surface area contributed by atoms with Crippen LogP contribution in [0.15, 0.2) is 17.1 Å². The summed E-state index contributed by atoms with van der Waals surface area (Å²) in [5, 5.41) is 9.03. The average molecular weight is 337 g/mol. The van der Waals surface area contributed by atoms with Gasteiger partial charge in [0, 0.05) is 19.5 Å². The topological polar surface area (TPSA) is 35.8 Å². The van der Waals surface area contributed by atoms with E-state index in [9.17, 15) is 0 Å². The van der Waals surface area contributed by atoms with Gasteiger partial charge in [-0.05, 0) is 19.3 Å². The molecule has 1 aliphatic rings. The molecule has 24 heavy (non-hydrogen) atoms. The van der Waals surface area contributed by atoms with Crippen LogP contribution in [-0.2, 0) is 0 Å². The van der Waals surface area contributed by atoms with Crippen LogP contribution in [-0.4, -0.2) is 42.1 Å². The third-order valence-electron chi connectivity index (χ3n) is 4.82. The van der Waals surface area contributed by atoms with Crippen LogP contribution in [0, 0.1) is 0 Å². The summed E-state index contributed by atoms with van der Waals surface area (Å²) in [5.74, 6) is 1.19. The Morgan fingerprint density at radius 1 is 0.917 bits per heavy atom. The SMILES string of the molecule is CCCCCCCCCCCC/C=C/CCC1=NCCN1CCO. The Hall–Kier alpha value is -0.830. The zero-order valence-corrected chi connectivity index (χ0v) is 16.0. The summed E-state index contributed by atoms with van der Waals surface area (Å²) in [6.07, 6.45) is 22.1. The van der Waals surface area contributed by atoms with Crippen molar-refractivity contribution in [2.75, 3.05) is 26.2 Å². The van der Waals surface area contributed by atoms with Crippen molar-refractivity contribution in [1.29, 1.82) is 0 Å². The highest BCUT2D eigenvalue weighted by Gasteiger charge is 2.14. The molecule has 3 nitrogen and oxygen atoms in total. The molecule has 1 rings (SSSR count). The highest BCUT2D eigenvalue weighted by atomic mass is 16.3. The van der Waals surface area contributed by atoms with Gasteiger partial charge in [0.25, 0.3) is 0 Å². The molecule has 0 saturated heterocycles. The predicted molar refractivity (Wildman–Crippen MR) is 106 cm³/mol. The van der Waals surface area contributed by atoms with Crippen LogP contribution >= 0.6 is 0 Å². The Labute approximate surface area is 150 Å². The minimum Gasteiger partial charge on any atom is -0.395 e. The number of nitrogens with zero attached hydrogens (tertiary/aromatic N) is 2. The molecule has 0 fully saturated rings. The average Bonchev–Trinajstić information content (AvgIpc) is 3.03. The molecule has 1 N–H and O–H groups in total. The van der Waals surface area contributed by atoms with E-state index in [1.54, 1.807) is 0 Å². The number of allylic oxidation sites excluding steroid dienone is 2. The molecule has 3 heteroatoms. The van der Waals surface area contributed by atoms with Crippen LogP contribution in [0.5, 0.6) is 0 Å². The molecular weight excluding hydrogens is 296 g/mol. The van der Waals surface area contributed by atoms with Crippen LogP contribution in [0.2, 0.25) is 0 Å². The molecular formula is C21H40N2O. The summed E-state index contributed by atoms with van der Waals surface area (Å²) in [5.41, 5.74) is 0. The molecule has 0 aliphatic carbocycles. The predicted octanol–water partition coefficient (Wildman–Crippen LogP) is 5.34. The summed E-state index contributed by atoms with van der Waals surface area (Å²) in [7, 11) is 0. The number of aliphatic hydroxyl groups is 1. The van der Waals surface area contributed by atoms with E-state index >= 15 is 0 Å². The summed E-state index contributed by atoms with van der Waals surface area (Å²) >= 11 is 0. The fourth-order valence-corrected chi connectivity index (χ4v) is 3.33. The van der Waals surface area contributed by atoms with Gasteiger partial charge < -0.3 is 10.0 Å². The van der Waals surface area contributed by atoms with E-state index in [1.165, 1.54) is 76.5 Å². The van der Waals surface area contributed by atoms with Gasteiger partial charge in [-0.15, -0.1) is 0 Å². The van der Waals surface area contributed by atoms with Gasteiger partial charge in [0.05, 0.1) is 19.0 Å². The van der Waals surface area contributed by atoms with Gasteiger partial charge in [-0.2, -0.15) is 0 Å². The van der Waals surface area contributed by atoms with Crippen molar-refractivity contribution >= 4 is 5.84 Å². The summed E-state index contributed by atoms with van der Waals surface area (Å²) < 4.78 is 0. The fourth-order valence-electron chi connectivity index (χ4n) is 3.33. The lowest BCUT2D eigenvalue weighted by atomic mass is 10.1. The smallest absolute Gasteiger partial charge is 0.0994 e. The molecule has 0 spiro atoms. The minimum atomic E-state index is 0.230. The number of β-amino-alcohol motifs (C(OH)–C–C–N with tert-alkyl or cyclic N) is 1. The van der Waals surface area contributed by atoms with Crippen LogP contribution < -0.4 is 0 Å². The molecule has 0 aromatic heterocycles. The Kier molecular flexibility index (Phi) is 13.9. The number of aliphatic hydroxyl groups excluding tert-OH is 1. The van der Waals surface area contributed by atoms with Crippen molar-refractivity contribution in [1.82, 2.24) is 4.90 Å². The second-order valence-corrected chi connectivity index (χ2v) is 6.99. The van der Waals surface area contributed by atoms with Crippen LogP contribution in [0.3, 0.4) is 0 Å². The first kappa shape index (κ1) is 21.2. The second-order valence-electron chi connectivity index (χ2n) is 6.99. The zero-order valence-electron chi connectivity index (χ0n) is 16.0. The maximum Gasteiger partial charge on any atom is 0.0994 e. The third kappa shape index (κ3) is 10.9. The van der Waals surface area contributed by atoms with Gasteiger partial charge in [-0.25, -0.2) is 0 Å². The first-order valence-corrected chi connectivity index (χ1v) is 10.4. The van der Waals surface area contributed by atoms with E-state index < -0.39 is 0 Å². The largest absolute Gasteiger partial charge is 0.395 e. The van der Waals surface area contributed by atoms with Gasteiger partial charge >= 0.3 is 0 Å². The molecule has 0 aromatic rings. The molecule has 0 radical (unpaired) electrons. The number of unbranched alkanes of at least 4 members (excludes halogenated alkanes) is 10. The van der Waals surface area contributed by atoms with E-state index in [0.717, 1.165) is 32.5 Å². The maximum absolute atomic E-state index is 9.03. The normalized spacial score (nSPS) is 14.8. The number of hydrogen-bond donors (Lipinski definition) is 1. The van der Waals surface area contributed by atoms with E-state index in [2.05, 4.69) is 29.0 Å². The number of amidine groups is 1. The lowest BCUT2D eigenvalue weighted by molar-refractivity contribution is 0.255. The van der Waals surface area contributed by atoms with Gasteiger partial charge in [-0.3, -0.25) is 4.99 Å². The van der Waals surface area contributed by atoms with Gasteiger partial charge in [0.1, 0.15) is 0 Å². The first-order valence-electron chi connectivity index (χ1n) is 10.4. The van der Waals surface area contributed by atoms with Crippen LogP contribution in [0.4, 0.5) is 0 Å². The lowest BCUT2D eigenvalue weighted by Gasteiger charge is -2.18. The van der Waals surface area contributed by atoms with Crippen molar-refractivity contribution < 1.29 is 5.11 Å². The highest BCUT2D eigenvalue weighted by molar-refractivity contribution is 5.83. The minimum absolute atomic E-state index is 0.230. The highest BCUT2D eigenvalue weighted by Crippen LogP contribution is 2.12. The molecule has 0 atom stereocenters. The van der Waals surface area contributed by atoms with Crippen molar-refractivity contribution in [3.63, 3.8) is 0 Å². The molecule has 0 saturated carbocycles. The van der Waals surface area contributed by atoms with E-state index in [-0.39, 0.29) is 6.61 Å². The maximum atomic E-state index is 9.03. The van der Waals surface area contributed by atoms with Gasteiger partial charge in [0.15, 0.2) is 0 Å². The van der Waals surface area contributed by atoms with Crippen LogP contribution in [0.1, 0.15) is 90.4 Å². The number of rotatable bonds is 16. The first-order chi connectivity index (χ1) is 11.9. The van der Waals surface area contributed by atoms with E-state index in [1.807, 2.05) is 0 Å². The molecule has 1 aliphatic heterocycles. The molecule has 140 valence electrons. The van der Waals surface area contributed by atoms with Crippen molar-refractivity contribution in [3.8, 4) is 0 Å². The van der Waals surface area contributed by atoms with Crippen LogP contribution in [0.25, 0.3) is 0 Å². The Balaban J connectivity index is 1.85. The fraction of sp³-hybridized carbons (Fsp3) is 0.857. The molecule has 0 unspecified atom stereocenters. The summed E-state index contributed by atoms with van der Waals surface area (Å²) in [6, 6.07) is 0. The third-order valence-corrected chi connectivity index (χ3v) is 4.82. The van der Waals surface area contributed by atoms with Gasteiger partial charge in [0.2, 0.25) is 0 Å². The number of hydrogen-bond acceptors (Lipinski definition) is 3. The van der Waals surface area contributed by atoms with Crippen molar-refractivity contribution in [2.45, 2.75) is 90.4 Å². The summed E-state index contributed by atoms with van der Waals surface area (Å²) in [6.45, 7) is 5.13. The second kappa shape index (κ2) is 15.7. The summed E-state index contributed by atoms with van der Waals surface area (Å²) in [4.78, 5) is 6.75. The Morgan fingerprint density at radius 2 is 1.54 bits per heavy atom. The Morgan fingerprint density at radius 3 is 2.21 bits per heavy atom. The molecule has 0 aromatic carbocycles. The van der Waals surface area contributed by atoms with Crippen molar-refractivity contribution in [2.24, 2.45) is 4.99 Å². The van der Waals surface area contributed by atoms with Gasteiger partial charge in [-0.1, -0.05) is 76.9 Å². The Bertz CT molecular complexity index is 339. The zero-order chi connectivity index (χ0) is 17.3.